The van der Waals surface area contributed by atoms with Crippen molar-refractivity contribution in [2.75, 3.05) is 14.2 Å². The van der Waals surface area contributed by atoms with Gasteiger partial charge in [0.1, 0.15) is 11.5 Å². The summed E-state index contributed by atoms with van der Waals surface area (Å²) in [6, 6.07) is 12.0. The summed E-state index contributed by atoms with van der Waals surface area (Å²) < 4.78 is 10.5. The summed E-state index contributed by atoms with van der Waals surface area (Å²) in [6.07, 6.45) is 1.81. The third kappa shape index (κ3) is 3.71. The molecule has 4 nitrogen and oxygen atoms in total. The monoisotopic (exact) mass is 272 g/mol. The maximum Gasteiger partial charge on any atom is 0.122 e. The molecule has 2 aromatic rings. The molecule has 4 heteroatoms. The molecule has 0 bridgehead atoms. The Kier molecular flexibility index (Phi) is 4.96. The van der Waals surface area contributed by atoms with Crippen molar-refractivity contribution in [3.63, 3.8) is 0 Å². The van der Waals surface area contributed by atoms with E-state index in [1.807, 2.05) is 42.6 Å². The van der Waals surface area contributed by atoms with E-state index in [4.69, 9.17) is 9.47 Å². The fourth-order valence-electron chi connectivity index (χ4n) is 1.98. The van der Waals surface area contributed by atoms with E-state index in [0.717, 1.165) is 29.3 Å². The van der Waals surface area contributed by atoms with E-state index in [9.17, 15) is 0 Å². The third-order valence-corrected chi connectivity index (χ3v) is 3.16. The van der Waals surface area contributed by atoms with E-state index in [1.54, 1.807) is 14.2 Å². The Bertz CT molecular complexity index is 521. The Morgan fingerprint density at radius 2 is 1.80 bits per heavy atom. The zero-order valence-electron chi connectivity index (χ0n) is 12.1. The van der Waals surface area contributed by atoms with Crippen molar-refractivity contribution in [3.05, 3.63) is 53.9 Å². The summed E-state index contributed by atoms with van der Waals surface area (Å²) in [4.78, 5) is 4.35. The summed E-state index contributed by atoms with van der Waals surface area (Å²) in [5, 5.41) is 3.44. The van der Waals surface area contributed by atoms with Gasteiger partial charge in [-0.3, -0.25) is 4.98 Å². The molecule has 106 valence electrons. The minimum atomic E-state index is 0.188. The van der Waals surface area contributed by atoms with Gasteiger partial charge in [0.15, 0.2) is 0 Å². The Morgan fingerprint density at radius 3 is 2.35 bits per heavy atom. The van der Waals surface area contributed by atoms with Crippen LogP contribution in [0.1, 0.15) is 24.2 Å². The van der Waals surface area contributed by atoms with E-state index in [1.165, 1.54) is 0 Å². The highest BCUT2D eigenvalue weighted by Gasteiger charge is 2.07. The second kappa shape index (κ2) is 6.91. The number of benzene rings is 1. The molecule has 1 heterocycles. The quantitative estimate of drug-likeness (QED) is 0.878. The minimum Gasteiger partial charge on any atom is -0.497 e. The molecule has 0 aliphatic heterocycles. The lowest BCUT2D eigenvalue weighted by molar-refractivity contribution is 0.392. The van der Waals surface area contributed by atoms with Gasteiger partial charge in [-0.2, -0.15) is 0 Å². The smallest absolute Gasteiger partial charge is 0.122 e. The van der Waals surface area contributed by atoms with E-state index in [0.29, 0.717) is 0 Å². The molecule has 1 N–H and O–H groups in total. The number of hydrogen-bond acceptors (Lipinski definition) is 4. The van der Waals surface area contributed by atoms with Crippen LogP contribution in [0.15, 0.2) is 42.6 Å². The van der Waals surface area contributed by atoms with Crippen molar-refractivity contribution in [3.8, 4) is 11.5 Å². The Hall–Kier alpha value is -2.07. The van der Waals surface area contributed by atoms with E-state index < -0.39 is 0 Å². The molecule has 0 fully saturated rings. The van der Waals surface area contributed by atoms with Gasteiger partial charge < -0.3 is 14.8 Å². The van der Waals surface area contributed by atoms with Gasteiger partial charge in [0.25, 0.3) is 0 Å². The van der Waals surface area contributed by atoms with Crippen LogP contribution < -0.4 is 14.8 Å². The zero-order chi connectivity index (χ0) is 14.4. The van der Waals surface area contributed by atoms with Crippen LogP contribution >= 0.6 is 0 Å². The van der Waals surface area contributed by atoms with Crippen molar-refractivity contribution in [1.82, 2.24) is 10.3 Å². The first-order chi connectivity index (χ1) is 9.72. The maximum absolute atomic E-state index is 5.27. The first-order valence-corrected chi connectivity index (χ1v) is 6.59. The van der Waals surface area contributed by atoms with Gasteiger partial charge >= 0.3 is 0 Å². The number of nitrogens with zero attached hydrogens (tertiary/aromatic N) is 1. The minimum absolute atomic E-state index is 0.188. The lowest BCUT2D eigenvalue weighted by Crippen LogP contribution is -2.19. The number of aromatic nitrogens is 1. The molecule has 0 radical (unpaired) electrons. The number of pyridine rings is 1. The van der Waals surface area contributed by atoms with Crippen LogP contribution in [-0.4, -0.2) is 19.2 Å². The van der Waals surface area contributed by atoms with Crippen molar-refractivity contribution >= 4 is 0 Å². The molecule has 2 rings (SSSR count). The van der Waals surface area contributed by atoms with Crippen molar-refractivity contribution < 1.29 is 9.47 Å². The van der Waals surface area contributed by atoms with Crippen molar-refractivity contribution in [1.29, 1.82) is 0 Å². The van der Waals surface area contributed by atoms with E-state index in [2.05, 4.69) is 17.2 Å². The van der Waals surface area contributed by atoms with Gasteiger partial charge in [-0.25, -0.2) is 0 Å². The zero-order valence-corrected chi connectivity index (χ0v) is 12.1. The predicted octanol–water partition coefficient (Wildman–Crippen LogP) is 2.95. The molecule has 0 aliphatic carbocycles. The van der Waals surface area contributed by atoms with Gasteiger partial charge in [-0.15, -0.1) is 0 Å². The molecule has 0 unspecified atom stereocenters. The molecule has 0 saturated heterocycles. The molecule has 1 aromatic carbocycles. The number of hydrogen-bond donors (Lipinski definition) is 1. The molecule has 1 atom stereocenters. The SMILES string of the molecule is COc1cc(CN[C@H](C)c2ccccn2)cc(OC)c1. The first-order valence-electron chi connectivity index (χ1n) is 6.59. The number of methoxy groups -OCH3 is 2. The average Bonchev–Trinajstić information content (AvgIpc) is 2.53. The lowest BCUT2D eigenvalue weighted by Gasteiger charge is -2.14. The van der Waals surface area contributed by atoms with Crippen LogP contribution in [0.25, 0.3) is 0 Å². The summed E-state index contributed by atoms with van der Waals surface area (Å²) in [6.45, 7) is 2.82. The molecule has 1 aromatic heterocycles. The van der Waals surface area contributed by atoms with Crippen LogP contribution in [0.3, 0.4) is 0 Å². The van der Waals surface area contributed by atoms with Crippen LogP contribution in [0.5, 0.6) is 11.5 Å². The summed E-state index contributed by atoms with van der Waals surface area (Å²) >= 11 is 0. The second-order valence-corrected chi connectivity index (χ2v) is 4.58. The standard InChI is InChI=1S/C16H20N2O2/c1-12(16-6-4-5-7-17-16)18-11-13-8-14(19-2)10-15(9-13)20-3/h4-10,12,18H,11H2,1-3H3/t12-/m1/s1. The van der Waals surface area contributed by atoms with Gasteiger partial charge in [0.05, 0.1) is 19.9 Å². The third-order valence-electron chi connectivity index (χ3n) is 3.16. The largest absolute Gasteiger partial charge is 0.497 e. The molecular weight excluding hydrogens is 252 g/mol. The summed E-state index contributed by atoms with van der Waals surface area (Å²) in [7, 11) is 3.31. The molecule has 20 heavy (non-hydrogen) atoms. The molecule has 0 spiro atoms. The Labute approximate surface area is 119 Å². The predicted molar refractivity (Wildman–Crippen MR) is 79.0 cm³/mol. The number of rotatable bonds is 6. The molecule has 0 saturated carbocycles. The highest BCUT2D eigenvalue weighted by Crippen LogP contribution is 2.22. The first kappa shape index (κ1) is 14.3. The highest BCUT2D eigenvalue weighted by atomic mass is 16.5. The Morgan fingerprint density at radius 1 is 1.10 bits per heavy atom. The summed E-state index contributed by atoms with van der Waals surface area (Å²) in [5.41, 5.74) is 2.14. The topological polar surface area (TPSA) is 43.4 Å². The van der Waals surface area contributed by atoms with Crippen molar-refractivity contribution in [2.45, 2.75) is 19.5 Å². The summed E-state index contributed by atoms with van der Waals surface area (Å²) in [5.74, 6) is 1.60. The molecule has 0 aliphatic rings. The van der Waals surface area contributed by atoms with Crippen molar-refractivity contribution in [2.24, 2.45) is 0 Å². The van der Waals surface area contributed by atoms with E-state index >= 15 is 0 Å². The number of ether oxygens (including phenoxy) is 2. The fourth-order valence-corrected chi connectivity index (χ4v) is 1.98. The molecular formula is C16H20N2O2. The van der Waals surface area contributed by atoms with Crippen LogP contribution in [0.4, 0.5) is 0 Å². The van der Waals surface area contributed by atoms with Crippen LogP contribution in [-0.2, 0) is 6.54 Å². The van der Waals surface area contributed by atoms with Gasteiger partial charge in [0.2, 0.25) is 0 Å². The fraction of sp³-hybridized carbons (Fsp3) is 0.312. The van der Waals surface area contributed by atoms with Gasteiger partial charge in [0, 0.05) is 24.8 Å². The lowest BCUT2D eigenvalue weighted by atomic mass is 10.1. The van der Waals surface area contributed by atoms with Gasteiger partial charge in [-0.05, 0) is 36.8 Å². The number of nitrogens with one attached hydrogen (secondary N) is 1. The normalized spacial score (nSPS) is 11.9. The van der Waals surface area contributed by atoms with E-state index in [-0.39, 0.29) is 6.04 Å². The van der Waals surface area contributed by atoms with Crippen LogP contribution in [0, 0.1) is 0 Å². The maximum atomic E-state index is 5.27. The molecule has 0 amide bonds. The Balaban J connectivity index is 2.03. The second-order valence-electron chi connectivity index (χ2n) is 4.58. The van der Waals surface area contributed by atoms with Crippen LogP contribution in [0.2, 0.25) is 0 Å². The van der Waals surface area contributed by atoms with Gasteiger partial charge in [-0.1, -0.05) is 6.07 Å². The average molecular weight is 272 g/mol. The highest BCUT2D eigenvalue weighted by molar-refractivity contribution is 5.38.